The van der Waals surface area contributed by atoms with E-state index in [0.717, 1.165) is 44.1 Å². The van der Waals surface area contributed by atoms with Crippen LogP contribution in [0.3, 0.4) is 0 Å². The van der Waals surface area contributed by atoms with Crippen LogP contribution in [0.2, 0.25) is 0 Å². The van der Waals surface area contributed by atoms with Crippen LogP contribution in [0.5, 0.6) is 0 Å². The first-order chi connectivity index (χ1) is 11.2. The van der Waals surface area contributed by atoms with Crippen LogP contribution in [0.15, 0.2) is 24.8 Å². The SMILES string of the molecule is CCc1cnc(N2CCN(c3ncc(C(=O)O)cn3)CC2)nc1. The van der Waals surface area contributed by atoms with Crippen LogP contribution in [0.1, 0.15) is 22.8 Å². The minimum Gasteiger partial charge on any atom is -0.478 e. The van der Waals surface area contributed by atoms with Crippen molar-refractivity contribution in [2.45, 2.75) is 13.3 Å². The first-order valence-corrected chi connectivity index (χ1v) is 7.53. The fourth-order valence-corrected chi connectivity index (χ4v) is 2.40. The topological polar surface area (TPSA) is 95.3 Å². The van der Waals surface area contributed by atoms with Crippen LogP contribution in [0.25, 0.3) is 0 Å². The maximum atomic E-state index is 10.8. The summed E-state index contributed by atoms with van der Waals surface area (Å²) >= 11 is 0. The minimum atomic E-state index is -1.02. The highest BCUT2D eigenvalue weighted by Gasteiger charge is 2.20. The summed E-state index contributed by atoms with van der Waals surface area (Å²) < 4.78 is 0. The van der Waals surface area contributed by atoms with E-state index in [0.29, 0.717) is 5.95 Å². The molecule has 2 aromatic rings. The lowest BCUT2D eigenvalue weighted by Crippen LogP contribution is -2.47. The zero-order chi connectivity index (χ0) is 16.2. The second kappa shape index (κ2) is 6.55. The van der Waals surface area contributed by atoms with Crippen molar-refractivity contribution in [3.8, 4) is 0 Å². The molecule has 1 saturated heterocycles. The molecule has 0 radical (unpaired) electrons. The van der Waals surface area contributed by atoms with E-state index in [1.807, 2.05) is 17.3 Å². The molecule has 8 heteroatoms. The Bertz CT molecular complexity index is 665. The van der Waals surface area contributed by atoms with Crippen molar-refractivity contribution in [3.63, 3.8) is 0 Å². The Morgan fingerprint density at radius 1 is 0.957 bits per heavy atom. The van der Waals surface area contributed by atoms with Crippen molar-refractivity contribution < 1.29 is 9.90 Å². The van der Waals surface area contributed by atoms with Crippen LogP contribution < -0.4 is 9.80 Å². The maximum absolute atomic E-state index is 10.8. The number of carboxylic acid groups (broad SMARTS) is 1. The van der Waals surface area contributed by atoms with Gasteiger partial charge in [-0.2, -0.15) is 0 Å². The number of aromatic carboxylic acids is 1. The van der Waals surface area contributed by atoms with Gasteiger partial charge in [-0.3, -0.25) is 0 Å². The van der Waals surface area contributed by atoms with Gasteiger partial charge in [-0.25, -0.2) is 24.7 Å². The van der Waals surface area contributed by atoms with Crippen molar-refractivity contribution in [2.75, 3.05) is 36.0 Å². The molecule has 1 fully saturated rings. The van der Waals surface area contributed by atoms with Crippen LogP contribution in [-0.4, -0.2) is 57.2 Å². The van der Waals surface area contributed by atoms with Gasteiger partial charge in [0.1, 0.15) is 0 Å². The number of aromatic nitrogens is 4. The van der Waals surface area contributed by atoms with Gasteiger partial charge in [-0.1, -0.05) is 6.92 Å². The Morgan fingerprint density at radius 3 is 1.78 bits per heavy atom. The molecule has 0 saturated carbocycles. The van der Waals surface area contributed by atoms with E-state index in [4.69, 9.17) is 5.11 Å². The van der Waals surface area contributed by atoms with E-state index >= 15 is 0 Å². The highest BCUT2D eigenvalue weighted by molar-refractivity contribution is 5.86. The molecule has 2 aromatic heterocycles. The van der Waals surface area contributed by atoms with Crippen LogP contribution >= 0.6 is 0 Å². The summed E-state index contributed by atoms with van der Waals surface area (Å²) in [5.74, 6) is 0.273. The molecule has 0 bridgehead atoms. The van der Waals surface area contributed by atoms with Gasteiger partial charge in [0.15, 0.2) is 0 Å². The number of aryl methyl sites for hydroxylation is 1. The summed E-state index contributed by atoms with van der Waals surface area (Å²) in [6.07, 6.45) is 7.33. The Labute approximate surface area is 133 Å². The zero-order valence-corrected chi connectivity index (χ0v) is 12.9. The molecule has 120 valence electrons. The molecule has 0 spiro atoms. The van der Waals surface area contributed by atoms with Gasteiger partial charge in [-0.15, -0.1) is 0 Å². The van der Waals surface area contributed by atoms with Gasteiger partial charge < -0.3 is 14.9 Å². The van der Waals surface area contributed by atoms with Gasteiger partial charge in [-0.05, 0) is 12.0 Å². The summed E-state index contributed by atoms with van der Waals surface area (Å²) in [7, 11) is 0. The molecule has 8 nitrogen and oxygen atoms in total. The number of anilines is 2. The van der Waals surface area contributed by atoms with E-state index in [9.17, 15) is 4.79 Å². The molecule has 0 amide bonds. The van der Waals surface area contributed by atoms with E-state index in [1.165, 1.54) is 12.4 Å². The Balaban J connectivity index is 1.62. The lowest BCUT2D eigenvalue weighted by atomic mass is 10.3. The largest absolute Gasteiger partial charge is 0.478 e. The molecule has 1 aliphatic rings. The number of piperazine rings is 1. The van der Waals surface area contributed by atoms with Crippen molar-refractivity contribution in [2.24, 2.45) is 0 Å². The molecular formula is C15H18N6O2. The maximum Gasteiger partial charge on any atom is 0.338 e. The number of carboxylic acids is 1. The van der Waals surface area contributed by atoms with Crippen molar-refractivity contribution >= 4 is 17.9 Å². The first kappa shape index (κ1) is 15.1. The molecule has 1 aliphatic heterocycles. The van der Waals surface area contributed by atoms with E-state index in [1.54, 1.807) is 0 Å². The van der Waals surface area contributed by atoms with Gasteiger partial charge in [0.2, 0.25) is 11.9 Å². The monoisotopic (exact) mass is 314 g/mol. The second-order valence-corrected chi connectivity index (χ2v) is 5.30. The third-order valence-electron chi connectivity index (χ3n) is 3.83. The summed E-state index contributed by atoms with van der Waals surface area (Å²) in [6, 6.07) is 0. The Morgan fingerprint density at radius 2 is 1.39 bits per heavy atom. The lowest BCUT2D eigenvalue weighted by Gasteiger charge is -2.34. The van der Waals surface area contributed by atoms with Crippen molar-refractivity contribution in [3.05, 3.63) is 35.9 Å². The smallest absolute Gasteiger partial charge is 0.338 e. The van der Waals surface area contributed by atoms with Crippen molar-refractivity contribution in [1.29, 1.82) is 0 Å². The number of hydrogen-bond donors (Lipinski definition) is 1. The predicted octanol–water partition coefficient (Wildman–Crippen LogP) is 0.854. The zero-order valence-electron chi connectivity index (χ0n) is 12.9. The number of rotatable bonds is 4. The standard InChI is InChI=1S/C15H18N6O2/c1-2-11-7-16-14(17-8-11)20-3-5-21(6-4-20)15-18-9-12(10-19-15)13(22)23/h7-10H,2-6H2,1H3,(H,22,23). The molecule has 0 aliphatic carbocycles. The number of carbonyl (C=O) groups is 1. The van der Waals surface area contributed by atoms with Gasteiger partial charge in [0.25, 0.3) is 0 Å². The van der Waals surface area contributed by atoms with Crippen LogP contribution in [-0.2, 0) is 6.42 Å². The molecule has 1 N–H and O–H groups in total. The summed E-state index contributed by atoms with van der Waals surface area (Å²) in [5, 5.41) is 8.87. The third kappa shape index (κ3) is 3.36. The quantitative estimate of drug-likeness (QED) is 0.887. The fourth-order valence-electron chi connectivity index (χ4n) is 2.40. The van der Waals surface area contributed by atoms with Gasteiger partial charge in [0, 0.05) is 51.0 Å². The summed E-state index contributed by atoms with van der Waals surface area (Å²) in [4.78, 5) is 32.0. The summed E-state index contributed by atoms with van der Waals surface area (Å²) in [6.45, 7) is 5.11. The molecular weight excluding hydrogens is 296 g/mol. The fraction of sp³-hybridized carbons (Fsp3) is 0.400. The summed E-state index contributed by atoms with van der Waals surface area (Å²) in [5.41, 5.74) is 1.22. The highest BCUT2D eigenvalue weighted by Crippen LogP contribution is 2.14. The Kier molecular flexibility index (Phi) is 4.31. The molecule has 3 rings (SSSR count). The number of nitrogens with zero attached hydrogens (tertiary/aromatic N) is 6. The predicted molar refractivity (Wildman–Crippen MR) is 84.8 cm³/mol. The van der Waals surface area contributed by atoms with Gasteiger partial charge >= 0.3 is 5.97 Å². The minimum absolute atomic E-state index is 0.0943. The molecule has 0 aromatic carbocycles. The first-order valence-electron chi connectivity index (χ1n) is 7.53. The molecule has 0 atom stereocenters. The average Bonchev–Trinajstić information content (AvgIpc) is 2.62. The number of hydrogen-bond acceptors (Lipinski definition) is 7. The molecule has 23 heavy (non-hydrogen) atoms. The molecule has 0 unspecified atom stereocenters. The average molecular weight is 314 g/mol. The second-order valence-electron chi connectivity index (χ2n) is 5.30. The third-order valence-corrected chi connectivity index (χ3v) is 3.83. The lowest BCUT2D eigenvalue weighted by molar-refractivity contribution is 0.0696. The van der Waals surface area contributed by atoms with E-state index in [-0.39, 0.29) is 5.56 Å². The normalized spacial score (nSPS) is 14.8. The van der Waals surface area contributed by atoms with E-state index in [2.05, 4.69) is 31.8 Å². The van der Waals surface area contributed by atoms with E-state index < -0.39 is 5.97 Å². The Hall–Kier alpha value is -2.77. The van der Waals surface area contributed by atoms with Gasteiger partial charge in [0.05, 0.1) is 5.56 Å². The molecule has 3 heterocycles. The van der Waals surface area contributed by atoms with Crippen molar-refractivity contribution in [1.82, 2.24) is 19.9 Å². The van der Waals surface area contributed by atoms with Crippen LogP contribution in [0.4, 0.5) is 11.9 Å². The van der Waals surface area contributed by atoms with Crippen LogP contribution in [0, 0.1) is 0 Å². The highest BCUT2D eigenvalue weighted by atomic mass is 16.4.